The number of alkyl halides is 1. The van der Waals surface area contributed by atoms with E-state index in [1.54, 1.807) is 0 Å². The van der Waals surface area contributed by atoms with Crippen LogP contribution in [0.5, 0.6) is 0 Å². The molecule has 7 heavy (non-hydrogen) atoms. The molecule has 1 unspecified atom stereocenters. The molecule has 0 amide bonds. The molecule has 1 aliphatic heterocycles. The van der Waals surface area contributed by atoms with Gasteiger partial charge in [0, 0.05) is 4.83 Å². The van der Waals surface area contributed by atoms with Crippen molar-refractivity contribution in [1.82, 2.24) is 0 Å². The first-order chi connectivity index (χ1) is 3.39. The Kier molecular flexibility index (Phi) is 2.52. The van der Waals surface area contributed by atoms with Gasteiger partial charge in [0.05, 0.1) is 0 Å². The van der Waals surface area contributed by atoms with E-state index < -0.39 is 0 Å². The van der Waals surface area contributed by atoms with Crippen LogP contribution >= 0.6 is 36.7 Å². The quantitative estimate of drug-likeness (QED) is 0.469. The van der Waals surface area contributed by atoms with Crippen molar-refractivity contribution in [3.63, 3.8) is 0 Å². The first-order valence-corrected chi connectivity index (χ1v) is 5.54. The van der Waals surface area contributed by atoms with Gasteiger partial charge in [0.25, 0.3) is 0 Å². The normalized spacial score (nSPS) is 29.6. The van der Waals surface area contributed by atoms with Crippen LogP contribution < -0.4 is 0 Å². The Morgan fingerprint density at radius 2 is 2.57 bits per heavy atom. The van der Waals surface area contributed by atoms with Gasteiger partial charge in [0.15, 0.2) is 0 Å². The predicted molar refractivity (Wildman–Crippen MR) is 46.6 cm³/mol. The van der Waals surface area contributed by atoms with E-state index in [2.05, 4.69) is 30.1 Å². The van der Waals surface area contributed by atoms with Gasteiger partial charge in [0.2, 0.25) is 0 Å². The fourth-order valence-electron chi connectivity index (χ4n) is 0.405. The number of hydrogen-bond donors (Lipinski definition) is 0. The monoisotopic (exact) mass is 272 g/mol. The zero-order valence-electron chi connectivity index (χ0n) is 3.77. The van der Waals surface area contributed by atoms with Crippen LogP contribution in [0.25, 0.3) is 0 Å². The molecule has 0 spiro atoms. The molecule has 0 saturated heterocycles. The summed E-state index contributed by atoms with van der Waals surface area (Å²) in [6, 6.07) is 0. The maximum atomic E-state index is 3.51. The van der Waals surface area contributed by atoms with Gasteiger partial charge >= 0.3 is 0 Å². The van der Waals surface area contributed by atoms with Crippen LogP contribution in [0.1, 0.15) is 6.42 Å². The van der Waals surface area contributed by atoms with Crippen LogP contribution in [-0.2, 0) is 0 Å². The largest absolute Gasteiger partial charge is 0.0973 e. The Balaban J connectivity index is 2.49. The molecule has 0 bridgehead atoms. The molecular formula is C5H6BrI. The summed E-state index contributed by atoms with van der Waals surface area (Å²) >= 11 is 3.83. The summed E-state index contributed by atoms with van der Waals surface area (Å²) in [5, 5.41) is 0. The molecule has 0 saturated carbocycles. The first-order valence-electron chi connectivity index (χ1n) is 2.14. The lowest BCUT2D eigenvalue weighted by Crippen LogP contribution is -1.95. The van der Waals surface area contributed by atoms with Crippen LogP contribution in [-0.4, -0.2) is 8.84 Å². The summed E-state index contributed by atoms with van der Waals surface area (Å²) in [6.07, 6.45) is 3.45. The minimum atomic E-state index is 0.322. The number of allylic oxidation sites excluding steroid dienone is 1. The SMILES string of the molecule is BrC1C=IC=CC1. The Bertz CT molecular complexity index is 107. The van der Waals surface area contributed by atoms with Crippen molar-refractivity contribution in [1.29, 1.82) is 0 Å². The summed E-state index contributed by atoms with van der Waals surface area (Å²) in [5.41, 5.74) is 0. The molecule has 0 aromatic rings. The maximum Gasteiger partial charge on any atom is 0.0415 e. The zero-order chi connectivity index (χ0) is 5.11. The standard InChI is InChI=1S/C5H6BrI/c6-5-2-1-3-7-4-5/h1,3-5H,2H2. The highest BCUT2D eigenvalue weighted by atomic mass is 127. The highest BCUT2D eigenvalue weighted by Gasteiger charge is 1.96. The van der Waals surface area contributed by atoms with Gasteiger partial charge in [-0.2, -0.15) is 0 Å². The Labute approximate surface area is 61.9 Å². The number of halogens is 2. The molecule has 1 rings (SSSR count). The molecule has 0 N–H and O–H groups in total. The van der Waals surface area contributed by atoms with Gasteiger partial charge in [-0.1, -0.05) is 42.7 Å². The van der Waals surface area contributed by atoms with Gasteiger partial charge in [0.1, 0.15) is 0 Å². The van der Waals surface area contributed by atoms with E-state index in [1.807, 2.05) is 0 Å². The predicted octanol–water partition coefficient (Wildman–Crippen LogP) is 2.44. The molecule has 1 heterocycles. The lowest BCUT2D eigenvalue weighted by molar-refractivity contribution is 1.17. The average molecular weight is 273 g/mol. The van der Waals surface area contributed by atoms with Crippen LogP contribution in [0.4, 0.5) is 0 Å². The number of rotatable bonds is 0. The second-order valence-electron chi connectivity index (χ2n) is 1.37. The van der Waals surface area contributed by atoms with E-state index in [9.17, 15) is 0 Å². The molecule has 1 aliphatic rings. The molecule has 0 radical (unpaired) electrons. The second kappa shape index (κ2) is 2.97. The topological polar surface area (TPSA) is 0 Å². The summed E-state index contributed by atoms with van der Waals surface area (Å²) in [6.45, 7) is 0. The van der Waals surface area contributed by atoms with Crippen molar-refractivity contribution >= 4 is 40.7 Å². The maximum absolute atomic E-state index is 3.51. The minimum Gasteiger partial charge on any atom is -0.0973 e. The van der Waals surface area contributed by atoms with E-state index in [4.69, 9.17) is 0 Å². The third-order valence-corrected chi connectivity index (χ3v) is 4.57. The van der Waals surface area contributed by atoms with Crippen molar-refractivity contribution in [2.24, 2.45) is 0 Å². The summed E-state index contributed by atoms with van der Waals surface area (Å²) in [5.74, 6) is 0. The number of hydrogen-bond acceptors (Lipinski definition) is 0. The van der Waals surface area contributed by atoms with Gasteiger partial charge in [-0.05, 0) is 14.5 Å². The first kappa shape index (κ1) is 5.95. The molecule has 40 valence electrons. The van der Waals surface area contributed by atoms with Crippen molar-refractivity contribution in [2.75, 3.05) is 0 Å². The van der Waals surface area contributed by atoms with E-state index in [1.165, 1.54) is 6.42 Å². The average Bonchev–Trinajstić information content (AvgIpc) is 1.69. The van der Waals surface area contributed by atoms with Crippen molar-refractivity contribution in [3.05, 3.63) is 10.2 Å². The van der Waals surface area contributed by atoms with Crippen LogP contribution in [0, 0.1) is 0 Å². The summed E-state index contributed by atoms with van der Waals surface area (Å²) in [7, 11) is 0. The van der Waals surface area contributed by atoms with Gasteiger partial charge < -0.3 is 0 Å². The lowest BCUT2D eigenvalue weighted by atomic mass is 10.3. The third kappa shape index (κ3) is 2.04. The lowest BCUT2D eigenvalue weighted by Gasteiger charge is -1.99. The molecular weight excluding hydrogens is 267 g/mol. The summed E-state index contributed by atoms with van der Waals surface area (Å²) < 4.78 is 4.68. The molecule has 0 nitrogen and oxygen atoms in total. The van der Waals surface area contributed by atoms with E-state index >= 15 is 0 Å². The molecule has 2 heteroatoms. The highest BCUT2D eigenvalue weighted by molar-refractivity contribution is 14.2. The van der Waals surface area contributed by atoms with E-state index in [-0.39, 0.29) is 0 Å². The van der Waals surface area contributed by atoms with Crippen LogP contribution in [0.3, 0.4) is 0 Å². The Morgan fingerprint density at radius 1 is 1.71 bits per heavy atom. The van der Waals surface area contributed by atoms with Crippen LogP contribution in [0.15, 0.2) is 10.2 Å². The second-order valence-corrected chi connectivity index (χ2v) is 4.70. The van der Waals surface area contributed by atoms with Gasteiger partial charge in [-0.3, -0.25) is 0 Å². The van der Waals surface area contributed by atoms with Crippen molar-refractivity contribution in [3.8, 4) is 0 Å². The fraction of sp³-hybridized carbons (Fsp3) is 0.400. The molecule has 1 atom stereocenters. The van der Waals surface area contributed by atoms with Crippen molar-refractivity contribution in [2.45, 2.75) is 11.2 Å². The van der Waals surface area contributed by atoms with Gasteiger partial charge in [-0.15, -0.1) is 0 Å². The van der Waals surface area contributed by atoms with Crippen LogP contribution in [0.2, 0.25) is 0 Å². The Morgan fingerprint density at radius 3 is 2.86 bits per heavy atom. The molecule has 0 fully saturated rings. The van der Waals surface area contributed by atoms with E-state index in [0.717, 1.165) is 0 Å². The highest BCUT2D eigenvalue weighted by Crippen LogP contribution is 2.14. The fourth-order valence-corrected chi connectivity index (χ4v) is 2.97. The Hall–Kier alpha value is 0.820. The molecule has 0 aromatic heterocycles. The molecule has 0 aliphatic carbocycles. The molecule has 0 aromatic carbocycles. The van der Waals surface area contributed by atoms with Gasteiger partial charge in [-0.25, -0.2) is 0 Å². The zero-order valence-corrected chi connectivity index (χ0v) is 7.52. The van der Waals surface area contributed by atoms with E-state index in [0.29, 0.717) is 25.6 Å². The minimum absolute atomic E-state index is 0.322. The third-order valence-electron chi connectivity index (χ3n) is 0.733. The summed E-state index contributed by atoms with van der Waals surface area (Å²) in [4.78, 5) is 0.685. The smallest absolute Gasteiger partial charge is 0.0415 e. The van der Waals surface area contributed by atoms with Crippen molar-refractivity contribution < 1.29 is 0 Å².